The zero-order chi connectivity index (χ0) is 13.0. The summed E-state index contributed by atoms with van der Waals surface area (Å²) in [5.41, 5.74) is 0.963. The third-order valence-corrected chi connectivity index (χ3v) is 2.29. The molecule has 5 nitrogen and oxygen atoms in total. The SMILES string of the molecule is O=C(/C=C/c1cc(C(=O)O)n[nH]1)c1ccccc1. The van der Waals surface area contributed by atoms with Crippen LogP contribution < -0.4 is 0 Å². The molecule has 0 aliphatic rings. The second-order valence-corrected chi connectivity index (χ2v) is 3.58. The van der Waals surface area contributed by atoms with Crippen molar-refractivity contribution in [3.8, 4) is 0 Å². The maximum absolute atomic E-state index is 11.7. The van der Waals surface area contributed by atoms with Gasteiger partial charge in [-0.2, -0.15) is 5.10 Å². The molecule has 5 heteroatoms. The number of allylic oxidation sites excluding steroid dienone is 1. The second-order valence-electron chi connectivity index (χ2n) is 3.58. The summed E-state index contributed by atoms with van der Waals surface area (Å²) >= 11 is 0. The number of ketones is 1. The van der Waals surface area contributed by atoms with E-state index in [2.05, 4.69) is 10.2 Å². The number of carboxylic acids is 1. The first-order chi connectivity index (χ1) is 8.66. The molecular formula is C13H10N2O3. The number of rotatable bonds is 4. The van der Waals surface area contributed by atoms with Gasteiger partial charge in [-0.3, -0.25) is 9.89 Å². The minimum absolute atomic E-state index is 0.0817. The fraction of sp³-hybridized carbons (Fsp3) is 0. The van der Waals surface area contributed by atoms with Crippen LogP contribution in [0.1, 0.15) is 26.5 Å². The zero-order valence-electron chi connectivity index (χ0n) is 9.33. The number of hydrogen-bond donors (Lipinski definition) is 2. The molecule has 2 N–H and O–H groups in total. The summed E-state index contributed by atoms with van der Waals surface area (Å²) in [4.78, 5) is 22.3. The van der Waals surface area contributed by atoms with Crippen LogP contribution in [-0.2, 0) is 0 Å². The highest BCUT2D eigenvalue weighted by molar-refractivity contribution is 6.06. The van der Waals surface area contributed by atoms with Gasteiger partial charge in [-0.05, 0) is 18.2 Å². The quantitative estimate of drug-likeness (QED) is 0.634. The summed E-state index contributed by atoms with van der Waals surface area (Å²) in [6, 6.07) is 10.2. The van der Waals surface area contributed by atoms with Crippen LogP contribution in [0.15, 0.2) is 42.5 Å². The van der Waals surface area contributed by atoms with Crippen LogP contribution in [0, 0.1) is 0 Å². The molecule has 2 aromatic rings. The predicted octanol–water partition coefficient (Wildman–Crippen LogP) is 2.00. The highest BCUT2D eigenvalue weighted by atomic mass is 16.4. The standard InChI is InChI=1S/C13H10N2O3/c16-12(9-4-2-1-3-5-9)7-6-10-8-11(13(17)18)15-14-10/h1-8H,(H,14,15)(H,17,18)/b7-6+. The van der Waals surface area contributed by atoms with Crippen molar-refractivity contribution in [1.82, 2.24) is 10.2 Å². The molecule has 1 heterocycles. The van der Waals surface area contributed by atoms with Crippen LogP contribution in [0.3, 0.4) is 0 Å². The van der Waals surface area contributed by atoms with Crippen LogP contribution in [0.4, 0.5) is 0 Å². The van der Waals surface area contributed by atoms with Crippen molar-refractivity contribution in [2.45, 2.75) is 0 Å². The number of nitrogens with one attached hydrogen (secondary N) is 1. The van der Waals surface area contributed by atoms with Gasteiger partial charge in [0.25, 0.3) is 0 Å². The van der Waals surface area contributed by atoms with Crippen molar-refractivity contribution in [3.63, 3.8) is 0 Å². The number of aromatic nitrogens is 2. The zero-order valence-corrected chi connectivity index (χ0v) is 9.33. The molecule has 0 aliphatic carbocycles. The minimum atomic E-state index is -1.11. The van der Waals surface area contributed by atoms with E-state index in [1.165, 1.54) is 18.2 Å². The highest BCUT2D eigenvalue weighted by Crippen LogP contribution is 2.05. The van der Waals surface area contributed by atoms with Gasteiger partial charge >= 0.3 is 5.97 Å². The van der Waals surface area contributed by atoms with E-state index in [0.717, 1.165) is 0 Å². The fourth-order valence-corrected chi connectivity index (χ4v) is 1.40. The van der Waals surface area contributed by atoms with Gasteiger partial charge < -0.3 is 5.11 Å². The molecule has 1 aromatic carbocycles. The molecule has 0 bridgehead atoms. The predicted molar refractivity (Wildman–Crippen MR) is 65.4 cm³/mol. The Morgan fingerprint density at radius 3 is 2.56 bits per heavy atom. The Morgan fingerprint density at radius 2 is 1.94 bits per heavy atom. The van der Waals surface area contributed by atoms with Crippen molar-refractivity contribution in [1.29, 1.82) is 0 Å². The van der Waals surface area contributed by atoms with E-state index in [-0.39, 0.29) is 11.5 Å². The van der Waals surface area contributed by atoms with E-state index < -0.39 is 5.97 Å². The molecule has 90 valence electrons. The Hall–Kier alpha value is -2.69. The molecule has 0 unspecified atom stereocenters. The van der Waals surface area contributed by atoms with Crippen molar-refractivity contribution in [2.24, 2.45) is 0 Å². The monoisotopic (exact) mass is 242 g/mol. The Bertz CT molecular complexity index is 600. The number of hydrogen-bond acceptors (Lipinski definition) is 3. The lowest BCUT2D eigenvalue weighted by atomic mass is 10.1. The number of aromatic amines is 1. The molecule has 1 aromatic heterocycles. The Labute approximate surface area is 103 Å². The maximum atomic E-state index is 11.7. The van der Waals surface area contributed by atoms with Gasteiger partial charge in [0, 0.05) is 5.56 Å². The molecule has 0 radical (unpaired) electrons. The molecule has 0 fully saturated rings. The molecule has 2 rings (SSSR count). The van der Waals surface area contributed by atoms with Crippen LogP contribution in [0.2, 0.25) is 0 Å². The highest BCUT2D eigenvalue weighted by Gasteiger charge is 2.06. The number of carbonyl (C=O) groups is 2. The Balaban J connectivity index is 2.11. The number of carbonyl (C=O) groups excluding carboxylic acids is 1. The van der Waals surface area contributed by atoms with E-state index in [1.807, 2.05) is 6.07 Å². The van der Waals surface area contributed by atoms with Gasteiger partial charge in [-0.1, -0.05) is 30.3 Å². The van der Waals surface area contributed by atoms with Gasteiger partial charge in [-0.15, -0.1) is 0 Å². The minimum Gasteiger partial charge on any atom is -0.476 e. The summed E-state index contributed by atoms with van der Waals surface area (Å²) in [5.74, 6) is -1.26. The van der Waals surface area contributed by atoms with Crippen LogP contribution in [0.25, 0.3) is 6.08 Å². The summed E-state index contributed by atoms with van der Waals surface area (Å²) in [6.45, 7) is 0. The van der Waals surface area contributed by atoms with Gasteiger partial charge in [-0.25, -0.2) is 4.79 Å². The van der Waals surface area contributed by atoms with Gasteiger partial charge in [0.1, 0.15) is 0 Å². The molecule has 0 amide bonds. The van der Waals surface area contributed by atoms with Gasteiger partial charge in [0.2, 0.25) is 0 Å². The van der Waals surface area contributed by atoms with Crippen molar-refractivity contribution in [2.75, 3.05) is 0 Å². The number of carboxylic acid groups (broad SMARTS) is 1. The van der Waals surface area contributed by atoms with E-state index >= 15 is 0 Å². The number of nitrogens with zero attached hydrogens (tertiary/aromatic N) is 1. The van der Waals surface area contributed by atoms with E-state index in [0.29, 0.717) is 11.3 Å². The second kappa shape index (κ2) is 5.09. The average Bonchev–Trinajstić information content (AvgIpc) is 2.86. The molecule has 0 saturated carbocycles. The summed E-state index contributed by atoms with van der Waals surface area (Å²) in [5, 5.41) is 14.8. The topological polar surface area (TPSA) is 83.1 Å². The summed E-state index contributed by atoms with van der Waals surface area (Å²) < 4.78 is 0. The number of aromatic carboxylic acids is 1. The molecule has 0 atom stereocenters. The number of benzene rings is 1. The lowest BCUT2D eigenvalue weighted by Gasteiger charge is -1.92. The summed E-state index contributed by atoms with van der Waals surface area (Å²) in [7, 11) is 0. The molecular weight excluding hydrogens is 232 g/mol. The largest absolute Gasteiger partial charge is 0.476 e. The summed E-state index contributed by atoms with van der Waals surface area (Å²) in [6.07, 6.45) is 2.86. The van der Waals surface area contributed by atoms with Gasteiger partial charge in [0.15, 0.2) is 11.5 Å². The Morgan fingerprint density at radius 1 is 1.22 bits per heavy atom. The first-order valence-corrected chi connectivity index (χ1v) is 5.23. The normalized spacial score (nSPS) is 10.7. The molecule has 0 saturated heterocycles. The van der Waals surface area contributed by atoms with Gasteiger partial charge in [0.05, 0.1) is 5.69 Å². The van der Waals surface area contributed by atoms with Crippen molar-refractivity contribution < 1.29 is 14.7 Å². The van der Waals surface area contributed by atoms with Crippen molar-refractivity contribution >= 4 is 17.8 Å². The number of H-pyrrole nitrogens is 1. The molecule has 0 aliphatic heterocycles. The van der Waals surface area contributed by atoms with E-state index in [9.17, 15) is 9.59 Å². The van der Waals surface area contributed by atoms with Crippen molar-refractivity contribution in [3.05, 3.63) is 59.4 Å². The lowest BCUT2D eigenvalue weighted by molar-refractivity contribution is 0.0690. The van der Waals surface area contributed by atoms with E-state index in [1.54, 1.807) is 24.3 Å². The van der Waals surface area contributed by atoms with Crippen LogP contribution in [-0.4, -0.2) is 27.1 Å². The molecule has 18 heavy (non-hydrogen) atoms. The average molecular weight is 242 g/mol. The van der Waals surface area contributed by atoms with Crippen LogP contribution in [0.5, 0.6) is 0 Å². The fourth-order valence-electron chi connectivity index (χ4n) is 1.40. The Kier molecular flexibility index (Phi) is 3.33. The maximum Gasteiger partial charge on any atom is 0.356 e. The third-order valence-electron chi connectivity index (χ3n) is 2.29. The van der Waals surface area contributed by atoms with E-state index in [4.69, 9.17) is 5.11 Å². The lowest BCUT2D eigenvalue weighted by Crippen LogP contribution is -1.95. The third kappa shape index (κ3) is 2.70. The first-order valence-electron chi connectivity index (χ1n) is 5.23. The van der Waals surface area contributed by atoms with Crippen LogP contribution >= 0.6 is 0 Å². The molecule has 0 spiro atoms. The first kappa shape index (κ1) is 11.8. The smallest absolute Gasteiger partial charge is 0.356 e.